The van der Waals surface area contributed by atoms with Crippen molar-refractivity contribution >= 4 is 23.4 Å². The fraction of sp³-hybridized carbons (Fsp3) is 0.323. The Balaban J connectivity index is 1.52. The zero-order chi connectivity index (χ0) is 27.9. The summed E-state index contributed by atoms with van der Waals surface area (Å²) in [4.78, 5) is 37.6. The number of ether oxygens (including phenoxy) is 1. The van der Waals surface area contributed by atoms with Crippen LogP contribution in [0.3, 0.4) is 0 Å². The van der Waals surface area contributed by atoms with Gasteiger partial charge in [0, 0.05) is 16.8 Å². The molecule has 0 fully saturated rings. The number of hydrogen-bond acceptors (Lipinski definition) is 4. The summed E-state index contributed by atoms with van der Waals surface area (Å²) in [6.07, 6.45) is 0.139. The van der Waals surface area contributed by atoms with Gasteiger partial charge in [0.2, 0.25) is 0 Å². The van der Waals surface area contributed by atoms with Gasteiger partial charge in [-0.1, -0.05) is 65.0 Å². The molecule has 0 aliphatic rings. The highest BCUT2D eigenvalue weighted by Crippen LogP contribution is 2.29. The molecule has 0 bridgehead atoms. The van der Waals surface area contributed by atoms with E-state index in [2.05, 4.69) is 50.8 Å². The average molecular weight is 516 g/mol. The second-order valence-corrected chi connectivity index (χ2v) is 10.4. The monoisotopic (exact) mass is 515 g/mol. The summed E-state index contributed by atoms with van der Waals surface area (Å²) in [6, 6.07) is 21.6. The first-order valence-electron chi connectivity index (χ1n) is 12.9. The highest BCUT2D eigenvalue weighted by atomic mass is 16.5. The van der Waals surface area contributed by atoms with E-state index < -0.39 is 17.9 Å². The van der Waals surface area contributed by atoms with Gasteiger partial charge in [-0.05, 0) is 78.3 Å². The lowest BCUT2D eigenvalue weighted by Gasteiger charge is -2.19. The van der Waals surface area contributed by atoms with Gasteiger partial charge in [0.25, 0.3) is 17.7 Å². The minimum absolute atomic E-state index is 0.00864. The average Bonchev–Trinajstić information content (AvgIpc) is 2.91. The maximum absolute atomic E-state index is 12.6. The molecule has 0 aromatic heterocycles. The van der Waals surface area contributed by atoms with Gasteiger partial charge in [-0.3, -0.25) is 25.2 Å². The van der Waals surface area contributed by atoms with Gasteiger partial charge in [0.05, 0.1) is 0 Å². The van der Waals surface area contributed by atoms with Gasteiger partial charge in [0.1, 0.15) is 5.75 Å². The van der Waals surface area contributed by atoms with E-state index in [1.807, 2.05) is 36.4 Å². The lowest BCUT2D eigenvalue weighted by molar-refractivity contribution is -0.128. The summed E-state index contributed by atoms with van der Waals surface area (Å²) in [6.45, 7) is 12.2. The molecular formula is C31H37N3O4. The fourth-order valence-corrected chi connectivity index (χ4v) is 3.78. The number of hydrogen-bond donors (Lipinski definition) is 3. The second-order valence-electron chi connectivity index (χ2n) is 10.4. The van der Waals surface area contributed by atoms with E-state index in [1.165, 1.54) is 0 Å². The van der Waals surface area contributed by atoms with Crippen LogP contribution < -0.4 is 20.9 Å². The van der Waals surface area contributed by atoms with Crippen molar-refractivity contribution in [3.8, 4) is 5.75 Å². The Kier molecular flexibility index (Phi) is 9.29. The zero-order valence-corrected chi connectivity index (χ0v) is 22.9. The van der Waals surface area contributed by atoms with Crippen molar-refractivity contribution in [1.29, 1.82) is 0 Å². The highest BCUT2D eigenvalue weighted by molar-refractivity contribution is 6.04. The molecule has 38 heavy (non-hydrogen) atoms. The molecular weight excluding hydrogens is 478 g/mol. The summed E-state index contributed by atoms with van der Waals surface area (Å²) in [5, 5.41) is 2.83. The van der Waals surface area contributed by atoms with Crippen molar-refractivity contribution in [1.82, 2.24) is 10.9 Å². The number of carbonyl (C=O) groups excluding carboxylic acids is 3. The predicted octanol–water partition coefficient (Wildman–Crippen LogP) is 5.98. The van der Waals surface area contributed by atoms with Crippen LogP contribution in [0.1, 0.15) is 85.7 Å². The third-order valence-corrected chi connectivity index (χ3v) is 6.45. The summed E-state index contributed by atoms with van der Waals surface area (Å²) in [7, 11) is 0. The molecule has 0 aliphatic heterocycles. The molecule has 200 valence electrons. The lowest BCUT2D eigenvalue weighted by Crippen LogP contribution is -2.47. The van der Waals surface area contributed by atoms with E-state index in [0.29, 0.717) is 28.5 Å². The fourth-order valence-electron chi connectivity index (χ4n) is 3.78. The van der Waals surface area contributed by atoms with Crippen molar-refractivity contribution in [2.45, 2.75) is 65.4 Å². The summed E-state index contributed by atoms with van der Waals surface area (Å²) in [5.74, 6) is -0.250. The second kappa shape index (κ2) is 12.4. The summed E-state index contributed by atoms with van der Waals surface area (Å²) in [5.41, 5.74) is 8.44. The Hall–Kier alpha value is -4.13. The number of benzene rings is 3. The van der Waals surface area contributed by atoms with Crippen LogP contribution in [0.2, 0.25) is 0 Å². The summed E-state index contributed by atoms with van der Waals surface area (Å²) < 4.78 is 5.88. The Morgan fingerprint density at radius 1 is 0.789 bits per heavy atom. The molecule has 3 amide bonds. The third kappa shape index (κ3) is 7.44. The maximum atomic E-state index is 12.6. The molecule has 2 unspecified atom stereocenters. The van der Waals surface area contributed by atoms with Gasteiger partial charge in [-0.2, -0.15) is 0 Å². The van der Waals surface area contributed by atoms with Crippen molar-refractivity contribution in [2.24, 2.45) is 0 Å². The topological polar surface area (TPSA) is 96.5 Å². The van der Waals surface area contributed by atoms with Crippen molar-refractivity contribution in [2.75, 3.05) is 5.32 Å². The molecule has 0 saturated heterocycles. The van der Waals surface area contributed by atoms with E-state index in [-0.39, 0.29) is 11.3 Å². The normalized spacial score (nSPS) is 12.7. The first-order valence-corrected chi connectivity index (χ1v) is 12.9. The molecule has 0 radical (unpaired) electrons. The Morgan fingerprint density at radius 3 is 1.97 bits per heavy atom. The molecule has 3 aromatic rings. The summed E-state index contributed by atoms with van der Waals surface area (Å²) >= 11 is 0. The highest BCUT2D eigenvalue weighted by Gasteiger charge is 2.19. The van der Waals surface area contributed by atoms with E-state index in [0.717, 1.165) is 17.5 Å². The SMILES string of the molecule is CCC(C)c1ccccc1OC(C)C(=O)NNC(=O)c1ccc(NC(=O)c2ccc(C(C)(C)C)cc2)cc1. The van der Waals surface area contributed by atoms with E-state index >= 15 is 0 Å². The first-order chi connectivity index (χ1) is 18.0. The zero-order valence-electron chi connectivity index (χ0n) is 22.9. The number of nitrogens with one attached hydrogen (secondary N) is 3. The molecule has 0 spiro atoms. The molecule has 0 heterocycles. The van der Waals surface area contributed by atoms with Gasteiger partial charge >= 0.3 is 0 Å². The number of carbonyl (C=O) groups is 3. The van der Waals surface area contributed by atoms with Gasteiger partial charge in [0.15, 0.2) is 6.10 Å². The molecule has 3 aromatic carbocycles. The van der Waals surface area contributed by atoms with Crippen LogP contribution in [-0.4, -0.2) is 23.8 Å². The molecule has 7 nitrogen and oxygen atoms in total. The third-order valence-electron chi connectivity index (χ3n) is 6.45. The molecule has 7 heteroatoms. The number of rotatable bonds is 8. The van der Waals surface area contributed by atoms with Crippen LogP contribution in [0, 0.1) is 0 Å². The van der Waals surface area contributed by atoms with Gasteiger partial charge < -0.3 is 10.1 Å². The van der Waals surface area contributed by atoms with Gasteiger partial charge in [-0.25, -0.2) is 0 Å². The number of amides is 3. The van der Waals surface area contributed by atoms with E-state index in [9.17, 15) is 14.4 Å². The van der Waals surface area contributed by atoms with E-state index in [1.54, 1.807) is 43.3 Å². The lowest BCUT2D eigenvalue weighted by atomic mass is 9.87. The largest absolute Gasteiger partial charge is 0.481 e. The van der Waals surface area contributed by atoms with Crippen molar-refractivity contribution in [3.05, 3.63) is 95.1 Å². The van der Waals surface area contributed by atoms with Gasteiger partial charge in [-0.15, -0.1) is 0 Å². The minimum atomic E-state index is -0.810. The van der Waals surface area contributed by atoms with Crippen LogP contribution in [0.5, 0.6) is 5.75 Å². The Labute approximate surface area is 225 Å². The molecule has 0 aliphatic carbocycles. The molecule has 2 atom stereocenters. The van der Waals surface area contributed by atoms with Crippen LogP contribution in [0.25, 0.3) is 0 Å². The molecule has 3 rings (SSSR count). The number of hydrazine groups is 1. The smallest absolute Gasteiger partial charge is 0.279 e. The van der Waals surface area contributed by atoms with E-state index in [4.69, 9.17) is 4.74 Å². The minimum Gasteiger partial charge on any atom is -0.481 e. The van der Waals surface area contributed by atoms with Crippen LogP contribution in [0.4, 0.5) is 5.69 Å². The molecule has 0 saturated carbocycles. The van der Waals surface area contributed by atoms with Crippen LogP contribution in [0.15, 0.2) is 72.8 Å². The standard InChI is InChI=1S/C31H37N3O4/c1-7-20(2)26-10-8-9-11-27(26)38-21(3)28(35)33-34-30(37)23-14-18-25(19-15-23)32-29(36)22-12-16-24(17-13-22)31(4,5)6/h8-21H,7H2,1-6H3,(H,32,36)(H,33,35)(H,34,37). The van der Waals surface area contributed by atoms with Crippen LogP contribution in [-0.2, 0) is 10.2 Å². The van der Waals surface area contributed by atoms with Crippen molar-refractivity contribution < 1.29 is 19.1 Å². The Bertz CT molecular complexity index is 1260. The maximum Gasteiger partial charge on any atom is 0.279 e. The molecule has 3 N–H and O–H groups in total. The first kappa shape index (κ1) is 28.4. The predicted molar refractivity (Wildman–Crippen MR) is 150 cm³/mol. The van der Waals surface area contributed by atoms with Crippen LogP contribution >= 0.6 is 0 Å². The quantitative estimate of drug-likeness (QED) is 0.322. The Morgan fingerprint density at radius 2 is 1.37 bits per heavy atom. The number of para-hydroxylation sites is 1. The number of anilines is 1. The van der Waals surface area contributed by atoms with Crippen molar-refractivity contribution in [3.63, 3.8) is 0 Å².